The Balaban J connectivity index is 1.64. The van der Waals surface area contributed by atoms with Crippen molar-refractivity contribution in [2.45, 2.75) is 50.4 Å². The number of hydrogen-bond donors (Lipinski definition) is 4. The van der Waals surface area contributed by atoms with Gasteiger partial charge in [0.15, 0.2) is 0 Å². The number of carboxylic acids is 1. The van der Waals surface area contributed by atoms with Crippen LogP contribution in [0.5, 0.6) is 0 Å². The topological polar surface area (TPSA) is 147 Å². The molecule has 0 aliphatic carbocycles. The molecule has 0 spiro atoms. The van der Waals surface area contributed by atoms with Crippen molar-refractivity contribution in [2.24, 2.45) is 0 Å². The van der Waals surface area contributed by atoms with Gasteiger partial charge in [-0.3, -0.25) is 14.4 Å². The van der Waals surface area contributed by atoms with Crippen LogP contribution in [0.3, 0.4) is 0 Å². The maximum Gasteiger partial charge on any atom is 0.490 e. The quantitative estimate of drug-likeness (QED) is 0.135. The summed E-state index contributed by atoms with van der Waals surface area (Å²) in [6, 6.07) is 19.3. The summed E-state index contributed by atoms with van der Waals surface area (Å²) in [6.45, 7) is -0.276. The third kappa shape index (κ3) is 11.4. The van der Waals surface area contributed by atoms with Gasteiger partial charge in [0.05, 0.1) is 19.1 Å². The largest absolute Gasteiger partial charge is 0.490 e. The van der Waals surface area contributed by atoms with Crippen molar-refractivity contribution < 1.29 is 42.2 Å². The van der Waals surface area contributed by atoms with E-state index in [0.717, 1.165) is 11.1 Å². The minimum atomic E-state index is -5.22. The van der Waals surface area contributed by atoms with Gasteiger partial charge in [0.1, 0.15) is 11.9 Å². The first kappa shape index (κ1) is 33.6. The van der Waals surface area contributed by atoms with Crippen molar-refractivity contribution in [3.8, 4) is 11.1 Å². The molecule has 1 unspecified atom stereocenters. The maximum absolute atomic E-state index is 13.2. The summed E-state index contributed by atoms with van der Waals surface area (Å²) >= 11 is 0. The van der Waals surface area contributed by atoms with Crippen LogP contribution in [0.25, 0.3) is 11.1 Å². The number of ether oxygens (including phenoxy) is 1. The average Bonchev–Trinajstić information content (AvgIpc) is 3.00. The van der Waals surface area contributed by atoms with Crippen molar-refractivity contribution in [3.63, 3.8) is 0 Å². The molecule has 0 radical (unpaired) electrons. The van der Waals surface area contributed by atoms with E-state index < -0.39 is 61.5 Å². The summed E-state index contributed by atoms with van der Waals surface area (Å²) < 4.78 is 42.0. The van der Waals surface area contributed by atoms with Gasteiger partial charge in [-0.15, -0.1) is 0 Å². The van der Waals surface area contributed by atoms with Crippen molar-refractivity contribution in [2.75, 3.05) is 18.5 Å². The van der Waals surface area contributed by atoms with Crippen molar-refractivity contribution in [1.82, 2.24) is 15.6 Å². The minimum Gasteiger partial charge on any atom is -0.481 e. The van der Waals surface area contributed by atoms with E-state index in [1.54, 1.807) is 42.6 Å². The Hall–Kier alpha value is -4.94. The van der Waals surface area contributed by atoms with Crippen molar-refractivity contribution in [1.29, 1.82) is 0 Å². The molecule has 44 heavy (non-hydrogen) atoms. The maximum atomic E-state index is 13.2. The van der Waals surface area contributed by atoms with E-state index >= 15 is 0 Å². The summed E-state index contributed by atoms with van der Waals surface area (Å²) in [5.41, 5.74) is 2.26. The van der Waals surface area contributed by atoms with Crippen LogP contribution in [0.4, 0.5) is 19.0 Å². The predicted octanol–water partition coefficient (Wildman–Crippen LogP) is 4.64. The second-order valence-corrected chi connectivity index (χ2v) is 9.79. The van der Waals surface area contributed by atoms with Crippen LogP contribution < -0.4 is 16.0 Å². The molecule has 2 atom stereocenters. The fourth-order valence-corrected chi connectivity index (χ4v) is 4.22. The predicted molar refractivity (Wildman–Crippen MR) is 155 cm³/mol. The molecular weight excluding hydrogens is 581 g/mol. The van der Waals surface area contributed by atoms with Gasteiger partial charge in [0.25, 0.3) is 0 Å². The number of pyridine rings is 1. The number of alkyl halides is 3. The number of carboxylic acid groups (broad SMARTS) is 1. The smallest absolute Gasteiger partial charge is 0.481 e. The fourth-order valence-electron chi connectivity index (χ4n) is 4.22. The van der Waals surface area contributed by atoms with Gasteiger partial charge in [-0.05, 0) is 41.7 Å². The molecule has 13 heteroatoms. The summed E-state index contributed by atoms with van der Waals surface area (Å²) in [6.07, 6.45) is -3.52. The van der Waals surface area contributed by atoms with Crippen LogP contribution in [0.2, 0.25) is 0 Å². The minimum absolute atomic E-state index is 0.00944. The van der Waals surface area contributed by atoms with E-state index in [2.05, 4.69) is 25.7 Å². The number of benzene rings is 2. The van der Waals surface area contributed by atoms with Crippen LogP contribution in [0.15, 0.2) is 79.0 Å². The van der Waals surface area contributed by atoms with Crippen LogP contribution in [-0.4, -0.2) is 59.2 Å². The number of anilines is 1. The highest BCUT2D eigenvalue weighted by Gasteiger charge is 2.41. The van der Waals surface area contributed by atoms with Crippen molar-refractivity contribution >= 4 is 29.6 Å². The highest BCUT2D eigenvalue weighted by molar-refractivity contribution is 5.88. The van der Waals surface area contributed by atoms with E-state index in [9.17, 15) is 37.5 Å². The van der Waals surface area contributed by atoms with Gasteiger partial charge < -0.3 is 25.8 Å². The molecule has 0 fully saturated rings. The first-order chi connectivity index (χ1) is 21.0. The molecule has 2 aromatic carbocycles. The number of halogens is 3. The lowest BCUT2D eigenvalue weighted by Gasteiger charge is -2.23. The number of carbonyl (C=O) groups excluding carboxylic acids is 3. The first-order valence-electron chi connectivity index (χ1n) is 13.9. The monoisotopic (exact) mass is 614 g/mol. The fraction of sp³-hybridized carbons (Fsp3) is 0.323. The van der Waals surface area contributed by atoms with Gasteiger partial charge >= 0.3 is 18.1 Å². The van der Waals surface area contributed by atoms with Crippen molar-refractivity contribution in [3.05, 3.63) is 84.6 Å². The van der Waals surface area contributed by atoms with Gasteiger partial charge in [-0.25, -0.2) is 9.78 Å². The van der Waals surface area contributed by atoms with Crippen LogP contribution >= 0.6 is 0 Å². The van der Waals surface area contributed by atoms with Gasteiger partial charge in [0, 0.05) is 25.6 Å². The van der Waals surface area contributed by atoms with Crippen LogP contribution in [0.1, 0.15) is 43.7 Å². The SMILES string of the molecule is O=C(O)CC(NC(=O)[C@H](CCOC(=O)C(F)(F)F)NC(=O)CCCCNc1ccccn1)c1ccc(-c2ccccc2)cc1. The normalized spacial score (nSPS) is 12.4. The van der Waals surface area contributed by atoms with E-state index in [4.69, 9.17) is 0 Å². The third-order valence-electron chi connectivity index (χ3n) is 6.44. The first-order valence-corrected chi connectivity index (χ1v) is 13.9. The van der Waals surface area contributed by atoms with E-state index in [-0.39, 0.29) is 6.42 Å². The number of nitrogens with zero attached hydrogens (tertiary/aromatic N) is 1. The molecule has 0 aliphatic heterocycles. The second-order valence-electron chi connectivity index (χ2n) is 9.79. The van der Waals surface area contributed by atoms with Crippen LogP contribution in [-0.2, 0) is 23.9 Å². The summed E-state index contributed by atoms with van der Waals surface area (Å²) in [4.78, 5) is 52.8. The Bertz CT molecular complexity index is 1370. The molecular formula is C31H33F3N4O6. The molecule has 2 amide bonds. The van der Waals surface area contributed by atoms with E-state index in [1.807, 2.05) is 36.4 Å². The molecule has 4 N–H and O–H groups in total. The molecule has 3 rings (SSSR count). The molecule has 0 saturated heterocycles. The zero-order valence-corrected chi connectivity index (χ0v) is 23.7. The summed E-state index contributed by atoms with van der Waals surface area (Å²) in [5, 5.41) is 17.6. The molecule has 1 aromatic heterocycles. The highest BCUT2D eigenvalue weighted by Crippen LogP contribution is 2.24. The molecule has 0 aliphatic rings. The van der Waals surface area contributed by atoms with Gasteiger partial charge in [-0.2, -0.15) is 13.2 Å². The number of amides is 2. The lowest BCUT2D eigenvalue weighted by molar-refractivity contribution is -0.199. The number of unbranched alkanes of at least 4 members (excludes halogenated alkanes) is 1. The average molecular weight is 615 g/mol. The van der Waals surface area contributed by atoms with Gasteiger partial charge in [0.2, 0.25) is 11.8 Å². The molecule has 234 valence electrons. The Kier molecular flexibility index (Phi) is 12.7. The Morgan fingerprint density at radius 3 is 2.18 bits per heavy atom. The zero-order chi connectivity index (χ0) is 32.0. The van der Waals surface area contributed by atoms with E-state index in [1.165, 1.54) is 0 Å². The molecule has 10 nitrogen and oxygen atoms in total. The molecule has 0 bridgehead atoms. The lowest BCUT2D eigenvalue weighted by atomic mass is 9.98. The number of esters is 1. The third-order valence-corrected chi connectivity index (χ3v) is 6.44. The number of rotatable bonds is 16. The second kappa shape index (κ2) is 16.6. The number of hydrogen-bond acceptors (Lipinski definition) is 7. The standard InChI is InChI=1S/C31H33F3N4O6/c32-31(33,34)30(43)44-19-16-24(37-27(39)11-5-7-18-36-26-10-4-6-17-35-26)29(42)38-25(20-28(40)41)23-14-12-22(13-15-23)21-8-2-1-3-9-21/h1-4,6,8-10,12-15,17,24-25H,5,7,11,16,18-20H2,(H,35,36)(H,37,39)(H,38,42)(H,40,41)/t24-,25?/m0/s1. The lowest BCUT2D eigenvalue weighted by Crippen LogP contribution is -2.48. The number of carbonyl (C=O) groups is 4. The summed E-state index contributed by atoms with van der Waals surface area (Å²) in [7, 11) is 0. The summed E-state index contributed by atoms with van der Waals surface area (Å²) in [5.74, 6) is -4.34. The molecule has 1 heterocycles. The van der Waals surface area contributed by atoms with E-state index in [0.29, 0.717) is 30.8 Å². The molecule has 3 aromatic rings. The number of aliphatic carboxylic acids is 1. The van der Waals surface area contributed by atoms with Gasteiger partial charge in [-0.1, -0.05) is 60.7 Å². The number of aromatic nitrogens is 1. The molecule has 0 saturated carbocycles. The number of nitrogens with one attached hydrogen (secondary N) is 3. The zero-order valence-electron chi connectivity index (χ0n) is 23.7. The Morgan fingerprint density at radius 1 is 0.864 bits per heavy atom. The van der Waals surface area contributed by atoms with Crippen LogP contribution in [0, 0.1) is 0 Å². The highest BCUT2D eigenvalue weighted by atomic mass is 19.4. The Morgan fingerprint density at radius 2 is 1.55 bits per heavy atom. The Labute approximate surface area is 252 Å².